The number of carbonyl (C=O) groups excluding carboxylic acids is 1. The lowest BCUT2D eigenvalue weighted by molar-refractivity contribution is -0.118. The van der Waals surface area contributed by atoms with Gasteiger partial charge in [0.2, 0.25) is 5.91 Å². The molecule has 0 bridgehead atoms. The van der Waals surface area contributed by atoms with Crippen LogP contribution in [0.5, 0.6) is 0 Å². The third-order valence-corrected chi connectivity index (χ3v) is 5.30. The van der Waals surface area contributed by atoms with Crippen LogP contribution in [0.4, 0.5) is 0 Å². The van der Waals surface area contributed by atoms with E-state index in [9.17, 15) is 4.79 Å². The van der Waals surface area contributed by atoms with E-state index in [4.69, 9.17) is 4.74 Å². The number of morpholine rings is 1. The Bertz CT molecular complexity index is 738. The Balaban J connectivity index is 1.35. The maximum Gasteiger partial charge on any atom is 0.230 e. The third-order valence-electron chi connectivity index (χ3n) is 4.42. The summed E-state index contributed by atoms with van der Waals surface area (Å²) in [6.45, 7) is 9.92. The molecule has 3 rings (SSSR count). The zero-order valence-corrected chi connectivity index (χ0v) is 16.6. The highest BCUT2D eigenvalue weighted by atomic mass is 32.2. The normalized spacial score (nSPS) is 21.2. The van der Waals surface area contributed by atoms with E-state index in [-0.39, 0.29) is 18.1 Å². The lowest BCUT2D eigenvalue weighted by Gasteiger charge is -2.35. The SMILES string of the molecule is Cc1ccc2nc(SCC(=O)NCCCN3CC(C)OC(C)C3)[nH]c2c1. The fraction of sp³-hybridized carbons (Fsp3) is 0.579. The van der Waals surface area contributed by atoms with Crippen LogP contribution in [-0.2, 0) is 9.53 Å². The van der Waals surface area contributed by atoms with Gasteiger partial charge in [0.25, 0.3) is 0 Å². The minimum absolute atomic E-state index is 0.0513. The van der Waals surface area contributed by atoms with Gasteiger partial charge in [-0.25, -0.2) is 4.98 Å². The zero-order chi connectivity index (χ0) is 18.5. The molecule has 0 radical (unpaired) electrons. The number of nitrogens with one attached hydrogen (secondary N) is 2. The van der Waals surface area contributed by atoms with E-state index in [1.165, 1.54) is 17.3 Å². The van der Waals surface area contributed by atoms with Gasteiger partial charge in [-0.05, 0) is 44.9 Å². The van der Waals surface area contributed by atoms with Gasteiger partial charge >= 0.3 is 0 Å². The molecule has 2 unspecified atom stereocenters. The first-order valence-corrected chi connectivity index (χ1v) is 10.2. The second kappa shape index (κ2) is 8.88. The maximum atomic E-state index is 12.0. The second-order valence-electron chi connectivity index (χ2n) is 7.07. The molecule has 2 N–H and O–H groups in total. The molecule has 142 valence electrons. The number of aromatic nitrogens is 2. The van der Waals surface area contributed by atoms with Gasteiger partial charge in [0.05, 0.1) is 29.0 Å². The van der Waals surface area contributed by atoms with Gasteiger partial charge in [0, 0.05) is 26.2 Å². The molecule has 1 amide bonds. The van der Waals surface area contributed by atoms with Crippen LogP contribution in [0.15, 0.2) is 23.4 Å². The van der Waals surface area contributed by atoms with Crippen molar-refractivity contribution in [3.05, 3.63) is 23.8 Å². The number of ether oxygens (including phenoxy) is 1. The number of rotatable bonds is 7. The summed E-state index contributed by atoms with van der Waals surface area (Å²) in [4.78, 5) is 22.2. The van der Waals surface area contributed by atoms with Gasteiger partial charge in [-0.3, -0.25) is 9.69 Å². The number of hydrogen-bond acceptors (Lipinski definition) is 5. The molecule has 7 heteroatoms. The molecule has 1 aliphatic rings. The van der Waals surface area contributed by atoms with Crippen molar-refractivity contribution >= 4 is 28.7 Å². The molecule has 1 aliphatic heterocycles. The second-order valence-corrected chi connectivity index (χ2v) is 8.04. The number of aromatic amines is 1. The fourth-order valence-electron chi connectivity index (χ4n) is 3.35. The summed E-state index contributed by atoms with van der Waals surface area (Å²) in [7, 11) is 0. The molecule has 1 aromatic carbocycles. The standard InChI is InChI=1S/C19H28N4O2S/c1-13-5-6-16-17(9-13)22-19(21-16)26-12-18(24)20-7-4-8-23-10-14(2)25-15(3)11-23/h5-6,9,14-15H,4,7-8,10-12H2,1-3H3,(H,20,24)(H,21,22). The highest BCUT2D eigenvalue weighted by molar-refractivity contribution is 7.99. The van der Waals surface area contributed by atoms with Crippen molar-refractivity contribution in [1.29, 1.82) is 0 Å². The Morgan fingerprint density at radius 2 is 2.15 bits per heavy atom. The van der Waals surface area contributed by atoms with Crippen molar-refractivity contribution in [3.63, 3.8) is 0 Å². The molecule has 1 fully saturated rings. The number of thioether (sulfide) groups is 1. The predicted molar refractivity (Wildman–Crippen MR) is 106 cm³/mol. The minimum atomic E-state index is 0.0513. The van der Waals surface area contributed by atoms with Crippen LogP contribution in [0.2, 0.25) is 0 Å². The van der Waals surface area contributed by atoms with Gasteiger partial charge in [-0.2, -0.15) is 0 Å². The van der Waals surface area contributed by atoms with Crippen LogP contribution in [-0.4, -0.2) is 64.9 Å². The highest BCUT2D eigenvalue weighted by Crippen LogP contribution is 2.20. The van der Waals surface area contributed by atoms with E-state index >= 15 is 0 Å². The van der Waals surface area contributed by atoms with E-state index < -0.39 is 0 Å². The molecule has 0 saturated carbocycles. The summed E-state index contributed by atoms with van der Waals surface area (Å²) in [6.07, 6.45) is 1.54. The lowest BCUT2D eigenvalue weighted by atomic mass is 10.2. The molecule has 2 heterocycles. The average Bonchev–Trinajstić information content (AvgIpc) is 2.98. The lowest BCUT2D eigenvalue weighted by Crippen LogP contribution is -2.46. The number of benzene rings is 1. The number of aryl methyl sites for hydroxylation is 1. The van der Waals surface area contributed by atoms with Crippen molar-refractivity contribution in [3.8, 4) is 0 Å². The number of imidazole rings is 1. The molecular weight excluding hydrogens is 348 g/mol. The Hall–Kier alpha value is -1.57. The van der Waals surface area contributed by atoms with Crippen molar-refractivity contribution in [2.24, 2.45) is 0 Å². The third kappa shape index (κ3) is 5.46. The number of carbonyl (C=O) groups is 1. The first kappa shape index (κ1) is 19.2. The molecule has 1 saturated heterocycles. The van der Waals surface area contributed by atoms with Gasteiger partial charge in [0.1, 0.15) is 0 Å². The topological polar surface area (TPSA) is 70.2 Å². The summed E-state index contributed by atoms with van der Waals surface area (Å²) < 4.78 is 5.74. The summed E-state index contributed by atoms with van der Waals surface area (Å²) in [5.74, 6) is 0.431. The Morgan fingerprint density at radius 3 is 2.92 bits per heavy atom. The Kier molecular flexibility index (Phi) is 6.56. The molecule has 0 aliphatic carbocycles. The van der Waals surface area contributed by atoms with E-state index in [0.717, 1.165) is 42.2 Å². The summed E-state index contributed by atoms with van der Waals surface area (Å²) in [5, 5.41) is 3.79. The molecular formula is C19H28N4O2S. The molecule has 1 aromatic heterocycles. The Labute approximate surface area is 159 Å². The number of nitrogens with zero attached hydrogens (tertiary/aromatic N) is 2. The first-order valence-electron chi connectivity index (χ1n) is 9.23. The van der Waals surface area contributed by atoms with Gasteiger partial charge in [-0.1, -0.05) is 17.8 Å². The molecule has 2 aromatic rings. The summed E-state index contributed by atoms with van der Waals surface area (Å²) >= 11 is 1.44. The van der Waals surface area contributed by atoms with Gasteiger partial charge < -0.3 is 15.0 Å². The van der Waals surface area contributed by atoms with E-state index in [0.29, 0.717) is 12.3 Å². The number of H-pyrrole nitrogens is 1. The van der Waals surface area contributed by atoms with Crippen molar-refractivity contribution < 1.29 is 9.53 Å². The number of amides is 1. The maximum absolute atomic E-state index is 12.0. The van der Waals surface area contributed by atoms with Crippen LogP contribution in [0.25, 0.3) is 11.0 Å². The van der Waals surface area contributed by atoms with E-state index in [2.05, 4.69) is 47.0 Å². The average molecular weight is 377 g/mol. The monoisotopic (exact) mass is 376 g/mol. The van der Waals surface area contributed by atoms with Crippen LogP contribution >= 0.6 is 11.8 Å². The van der Waals surface area contributed by atoms with Crippen molar-refractivity contribution in [2.75, 3.05) is 31.9 Å². The fourth-order valence-corrected chi connectivity index (χ4v) is 4.07. The number of fused-ring (bicyclic) bond motifs is 1. The van der Waals surface area contributed by atoms with Crippen LogP contribution in [0, 0.1) is 6.92 Å². The van der Waals surface area contributed by atoms with Crippen molar-refractivity contribution in [1.82, 2.24) is 20.2 Å². The van der Waals surface area contributed by atoms with E-state index in [1.54, 1.807) is 0 Å². The van der Waals surface area contributed by atoms with Crippen LogP contribution in [0.1, 0.15) is 25.8 Å². The van der Waals surface area contributed by atoms with Gasteiger partial charge in [-0.15, -0.1) is 0 Å². The predicted octanol–water partition coefficient (Wildman–Crippen LogP) is 2.58. The van der Waals surface area contributed by atoms with E-state index in [1.807, 2.05) is 12.1 Å². The smallest absolute Gasteiger partial charge is 0.230 e. The molecule has 0 spiro atoms. The van der Waals surface area contributed by atoms with Crippen LogP contribution < -0.4 is 5.32 Å². The van der Waals surface area contributed by atoms with Crippen molar-refractivity contribution in [2.45, 2.75) is 44.6 Å². The number of hydrogen-bond donors (Lipinski definition) is 2. The first-order chi connectivity index (χ1) is 12.5. The highest BCUT2D eigenvalue weighted by Gasteiger charge is 2.21. The van der Waals surface area contributed by atoms with Crippen LogP contribution in [0.3, 0.4) is 0 Å². The quantitative estimate of drug-likeness (QED) is 0.574. The largest absolute Gasteiger partial charge is 0.373 e. The zero-order valence-electron chi connectivity index (χ0n) is 15.7. The molecule has 6 nitrogen and oxygen atoms in total. The molecule has 2 atom stereocenters. The molecule has 26 heavy (non-hydrogen) atoms. The summed E-state index contributed by atoms with van der Waals surface area (Å²) in [5.41, 5.74) is 3.15. The minimum Gasteiger partial charge on any atom is -0.373 e. The summed E-state index contributed by atoms with van der Waals surface area (Å²) in [6, 6.07) is 6.11. The van der Waals surface area contributed by atoms with Gasteiger partial charge in [0.15, 0.2) is 5.16 Å². The Morgan fingerprint density at radius 1 is 1.38 bits per heavy atom.